The van der Waals surface area contributed by atoms with Crippen molar-refractivity contribution >= 4 is 23.0 Å². The van der Waals surface area contributed by atoms with E-state index in [0.717, 1.165) is 17.2 Å². The third-order valence-corrected chi connectivity index (χ3v) is 3.27. The highest BCUT2D eigenvalue weighted by Gasteiger charge is 2.09. The van der Waals surface area contributed by atoms with Gasteiger partial charge in [0.25, 0.3) is 0 Å². The lowest BCUT2D eigenvalue weighted by molar-refractivity contribution is 0.579. The molecule has 2 rings (SSSR count). The van der Waals surface area contributed by atoms with Crippen LogP contribution < -0.4 is 11.1 Å². The Morgan fingerprint density at radius 1 is 1.35 bits per heavy atom. The molecule has 2 heterocycles. The highest BCUT2D eigenvalue weighted by atomic mass is 32.1. The summed E-state index contributed by atoms with van der Waals surface area (Å²) in [4.78, 5) is 3.62. The molecule has 0 atom stereocenters. The lowest BCUT2D eigenvalue weighted by Gasteiger charge is -2.07. The Morgan fingerprint density at radius 3 is 2.76 bits per heavy atom. The fourth-order valence-electron chi connectivity index (χ4n) is 1.35. The molecule has 17 heavy (non-hydrogen) atoms. The van der Waals surface area contributed by atoms with Gasteiger partial charge in [0, 0.05) is 12.6 Å². The van der Waals surface area contributed by atoms with Crippen LogP contribution in [0, 0.1) is 18.6 Å². The topological polar surface area (TPSA) is 50.9 Å². The second kappa shape index (κ2) is 4.67. The Labute approximate surface area is 101 Å². The summed E-state index contributed by atoms with van der Waals surface area (Å²) in [6.07, 6.45) is 0. The molecule has 2 aromatic heterocycles. The molecule has 3 N–H and O–H groups in total. The van der Waals surface area contributed by atoms with Crippen LogP contribution in [0.2, 0.25) is 0 Å². The Bertz CT molecular complexity index is 540. The number of anilines is 2. The Hall–Kier alpha value is -1.69. The molecule has 0 saturated heterocycles. The number of nitrogen functional groups attached to an aromatic ring is 1. The number of nitrogens with zero attached hydrogens (tertiary/aromatic N) is 1. The van der Waals surface area contributed by atoms with Gasteiger partial charge in [-0.15, -0.1) is 0 Å². The van der Waals surface area contributed by atoms with E-state index in [4.69, 9.17) is 5.73 Å². The van der Waals surface area contributed by atoms with Gasteiger partial charge < -0.3 is 11.1 Å². The molecule has 0 radical (unpaired) electrons. The van der Waals surface area contributed by atoms with Gasteiger partial charge in [0.1, 0.15) is 0 Å². The molecule has 3 nitrogen and oxygen atoms in total. The maximum absolute atomic E-state index is 13.3. The molecule has 0 bridgehead atoms. The normalized spacial score (nSPS) is 10.5. The second-order valence-electron chi connectivity index (χ2n) is 3.62. The maximum atomic E-state index is 13.3. The number of pyridine rings is 1. The van der Waals surface area contributed by atoms with Crippen molar-refractivity contribution in [3.05, 3.63) is 39.6 Å². The van der Waals surface area contributed by atoms with Crippen molar-refractivity contribution in [2.24, 2.45) is 0 Å². The van der Waals surface area contributed by atoms with Crippen LogP contribution in [0.1, 0.15) is 11.1 Å². The summed E-state index contributed by atoms with van der Waals surface area (Å²) in [5.74, 6) is -1.94. The fraction of sp³-hybridized carbons (Fsp3) is 0.182. The second-order valence-corrected chi connectivity index (χ2v) is 4.36. The molecule has 0 fully saturated rings. The third kappa shape index (κ3) is 2.52. The van der Waals surface area contributed by atoms with Gasteiger partial charge in [0.15, 0.2) is 23.3 Å². The van der Waals surface area contributed by atoms with Crippen LogP contribution in [-0.4, -0.2) is 4.98 Å². The zero-order valence-corrected chi connectivity index (χ0v) is 9.94. The number of thiophene rings is 1. The van der Waals surface area contributed by atoms with E-state index in [-0.39, 0.29) is 11.6 Å². The molecule has 0 aliphatic heterocycles. The number of nitrogens with one attached hydrogen (secondary N) is 1. The van der Waals surface area contributed by atoms with Crippen LogP contribution in [0.4, 0.5) is 20.4 Å². The largest absolute Gasteiger partial charge is 0.381 e. The van der Waals surface area contributed by atoms with Crippen LogP contribution >= 0.6 is 11.3 Å². The SMILES string of the molecule is Cc1cscc1CNc1nc(N)c(F)cc1F. The molecule has 0 saturated carbocycles. The van der Waals surface area contributed by atoms with Gasteiger partial charge in [-0.2, -0.15) is 11.3 Å². The van der Waals surface area contributed by atoms with E-state index in [1.807, 2.05) is 17.7 Å². The third-order valence-electron chi connectivity index (χ3n) is 2.36. The van der Waals surface area contributed by atoms with Crippen molar-refractivity contribution in [3.63, 3.8) is 0 Å². The van der Waals surface area contributed by atoms with E-state index in [2.05, 4.69) is 10.3 Å². The minimum Gasteiger partial charge on any atom is -0.381 e. The van der Waals surface area contributed by atoms with Gasteiger partial charge >= 0.3 is 0 Å². The standard InChI is InChI=1S/C11H11F2N3S/c1-6-4-17-5-7(6)3-15-11-9(13)2-8(12)10(14)16-11/h2,4-5H,3H2,1H3,(H3,14,15,16). The van der Waals surface area contributed by atoms with Gasteiger partial charge in [-0.05, 0) is 28.8 Å². The fourth-order valence-corrected chi connectivity index (χ4v) is 2.21. The van der Waals surface area contributed by atoms with Crippen molar-refractivity contribution < 1.29 is 8.78 Å². The number of aromatic nitrogens is 1. The molecule has 90 valence electrons. The monoisotopic (exact) mass is 255 g/mol. The lowest BCUT2D eigenvalue weighted by Crippen LogP contribution is -2.07. The number of nitrogens with two attached hydrogens (primary N) is 1. The van der Waals surface area contributed by atoms with Crippen molar-refractivity contribution in [2.45, 2.75) is 13.5 Å². The summed E-state index contributed by atoms with van der Waals surface area (Å²) in [7, 11) is 0. The van der Waals surface area contributed by atoms with E-state index < -0.39 is 11.6 Å². The number of hydrogen-bond acceptors (Lipinski definition) is 4. The number of hydrogen-bond donors (Lipinski definition) is 2. The first-order chi connectivity index (χ1) is 8.08. The summed E-state index contributed by atoms with van der Waals surface area (Å²) in [5, 5.41) is 6.76. The van der Waals surface area contributed by atoms with E-state index in [1.165, 1.54) is 0 Å². The van der Waals surface area contributed by atoms with Crippen LogP contribution in [0.25, 0.3) is 0 Å². The summed E-state index contributed by atoms with van der Waals surface area (Å²) >= 11 is 1.57. The first-order valence-electron chi connectivity index (χ1n) is 4.95. The van der Waals surface area contributed by atoms with Gasteiger partial charge in [-0.3, -0.25) is 0 Å². The Kier molecular flexibility index (Phi) is 3.23. The minimum absolute atomic E-state index is 0.0329. The number of rotatable bonds is 3. The van der Waals surface area contributed by atoms with Gasteiger partial charge in [0.2, 0.25) is 0 Å². The van der Waals surface area contributed by atoms with Crippen LogP contribution in [-0.2, 0) is 6.54 Å². The molecule has 0 spiro atoms. The molecule has 0 aromatic carbocycles. The molecule has 0 aliphatic carbocycles. The van der Waals surface area contributed by atoms with Crippen LogP contribution in [0.3, 0.4) is 0 Å². The zero-order chi connectivity index (χ0) is 12.4. The highest BCUT2D eigenvalue weighted by molar-refractivity contribution is 7.08. The summed E-state index contributed by atoms with van der Waals surface area (Å²) in [5.41, 5.74) is 7.46. The predicted octanol–water partition coefficient (Wildman–Crippen LogP) is 2.92. The molecule has 2 aromatic rings. The average molecular weight is 255 g/mol. The van der Waals surface area contributed by atoms with E-state index in [0.29, 0.717) is 6.54 Å². The van der Waals surface area contributed by atoms with Crippen molar-refractivity contribution in [1.29, 1.82) is 0 Å². The van der Waals surface area contributed by atoms with Gasteiger partial charge in [-0.25, -0.2) is 13.8 Å². The van der Waals surface area contributed by atoms with E-state index in [9.17, 15) is 8.78 Å². The molecule has 0 aliphatic rings. The highest BCUT2D eigenvalue weighted by Crippen LogP contribution is 2.19. The summed E-state index contributed by atoms with van der Waals surface area (Å²) < 4.78 is 26.2. The Balaban J connectivity index is 2.14. The van der Waals surface area contributed by atoms with Crippen LogP contribution in [0.5, 0.6) is 0 Å². The van der Waals surface area contributed by atoms with E-state index in [1.54, 1.807) is 11.3 Å². The molecular weight excluding hydrogens is 244 g/mol. The van der Waals surface area contributed by atoms with E-state index >= 15 is 0 Å². The van der Waals surface area contributed by atoms with Crippen LogP contribution in [0.15, 0.2) is 16.8 Å². The summed E-state index contributed by atoms with van der Waals surface area (Å²) in [6, 6.07) is 0.727. The van der Waals surface area contributed by atoms with Crippen molar-refractivity contribution in [2.75, 3.05) is 11.1 Å². The average Bonchev–Trinajstić information content (AvgIpc) is 2.68. The molecule has 6 heteroatoms. The molecule has 0 unspecified atom stereocenters. The van der Waals surface area contributed by atoms with Crippen molar-refractivity contribution in [3.8, 4) is 0 Å². The Morgan fingerprint density at radius 2 is 2.12 bits per heavy atom. The predicted molar refractivity (Wildman–Crippen MR) is 64.9 cm³/mol. The van der Waals surface area contributed by atoms with Gasteiger partial charge in [-0.1, -0.05) is 0 Å². The first-order valence-corrected chi connectivity index (χ1v) is 5.89. The summed E-state index contributed by atoms with van der Waals surface area (Å²) in [6.45, 7) is 2.40. The smallest absolute Gasteiger partial charge is 0.168 e. The first kappa shape index (κ1) is 11.8. The number of halogens is 2. The maximum Gasteiger partial charge on any atom is 0.168 e. The van der Waals surface area contributed by atoms with Gasteiger partial charge in [0.05, 0.1) is 0 Å². The number of aryl methyl sites for hydroxylation is 1. The minimum atomic E-state index is -0.847. The zero-order valence-electron chi connectivity index (χ0n) is 9.13. The molecular formula is C11H11F2N3S. The van der Waals surface area contributed by atoms with Crippen molar-refractivity contribution in [1.82, 2.24) is 4.98 Å². The quantitative estimate of drug-likeness (QED) is 0.886. The lowest BCUT2D eigenvalue weighted by atomic mass is 10.2. The molecule has 0 amide bonds.